The molecule has 0 atom stereocenters. The van der Waals surface area contributed by atoms with E-state index < -0.39 is 15.4 Å². The highest BCUT2D eigenvalue weighted by Crippen LogP contribution is 2.26. The molecule has 0 spiro atoms. The highest BCUT2D eigenvalue weighted by Gasteiger charge is 2.28. The number of ether oxygens (including phenoxy) is 1. The number of aromatic nitrogens is 1. The third kappa shape index (κ3) is 5.88. The quantitative estimate of drug-likeness (QED) is 0.770. The zero-order valence-corrected chi connectivity index (χ0v) is 19.1. The summed E-state index contributed by atoms with van der Waals surface area (Å²) in [5.74, 6) is -0.315. The van der Waals surface area contributed by atoms with Gasteiger partial charge >= 0.3 is 6.09 Å². The van der Waals surface area contributed by atoms with E-state index in [2.05, 4.69) is 5.32 Å². The minimum absolute atomic E-state index is 0.0804. The predicted molar refractivity (Wildman–Crippen MR) is 118 cm³/mol. The van der Waals surface area contributed by atoms with Crippen molar-refractivity contribution in [2.45, 2.75) is 50.2 Å². The number of carbonyl (C=O) groups excluding carboxylic acids is 2. The number of benzene rings is 1. The Morgan fingerprint density at radius 1 is 1.10 bits per heavy atom. The number of hydrogen-bond donors (Lipinski definition) is 1. The summed E-state index contributed by atoms with van der Waals surface area (Å²) in [6.07, 6.45) is 4.08. The van der Waals surface area contributed by atoms with Gasteiger partial charge in [-0.3, -0.25) is 4.79 Å². The van der Waals surface area contributed by atoms with Crippen LogP contribution in [0.25, 0.3) is 0 Å². The molecule has 1 N–H and O–H groups in total. The Labute approximate surface area is 183 Å². The van der Waals surface area contributed by atoms with Crippen LogP contribution in [0.2, 0.25) is 0 Å². The molecule has 3 rings (SSSR count). The SMILES string of the molecule is CC(C)(C)OC(=O)N1CCC(n2cccc2C(=O)Nc2cccc(S(C)(=O)=O)c2)CC1. The molecule has 2 aromatic rings. The van der Waals surface area contributed by atoms with Crippen LogP contribution in [0.1, 0.15) is 50.1 Å². The third-order valence-electron chi connectivity index (χ3n) is 5.04. The first-order valence-corrected chi connectivity index (χ1v) is 12.1. The smallest absolute Gasteiger partial charge is 0.410 e. The van der Waals surface area contributed by atoms with Crippen LogP contribution >= 0.6 is 0 Å². The molecular formula is C22H29N3O5S. The highest BCUT2D eigenvalue weighted by atomic mass is 32.2. The van der Waals surface area contributed by atoms with Gasteiger partial charge in [0.05, 0.1) is 4.90 Å². The van der Waals surface area contributed by atoms with E-state index >= 15 is 0 Å². The molecule has 0 saturated carbocycles. The lowest BCUT2D eigenvalue weighted by atomic mass is 10.0. The van der Waals surface area contributed by atoms with Crippen LogP contribution in [0.4, 0.5) is 10.5 Å². The summed E-state index contributed by atoms with van der Waals surface area (Å²) in [5.41, 5.74) is 0.370. The van der Waals surface area contributed by atoms with Gasteiger partial charge in [0.2, 0.25) is 0 Å². The summed E-state index contributed by atoms with van der Waals surface area (Å²) < 4.78 is 30.9. The van der Waals surface area contributed by atoms with Gasteiger partial charge in [0, 0.05) is 37.3 Å². The topological polar surface area (TPSA) is 97.7 Å². The van der Waals surface area contributed by atoms with Gasteiger partial charge < -0.3 is 19.5 Å². The van der Waals surface area contributed by atoms with Crippen LogP contribution in [0, 0.1) is 0 Å². The van der Waals surface area contributed by atoms with Crippen molar-refractivity contribution in [3.8, 4) is 0 Å². The minimum atomic E-state index is -3.36. The molecule has 1 saturated heterocycles. The number of sulfone groups is 1. The van der Waals surface area contributed by atoms with Gasteiger partial charge in [-0.15, -0.1) is 0 Å². The fraction of sp³-hybridized carbons (Fsp3) is 0.455. The molecule has 1 aromatic heterocycles. The monoisotopic (exact) mass is 447 g/mol. The number of nitrogens with zero attached hydrogens (tertiary/aromatic N) is 2. The summed E-state index contributed by atoms with van der Waals surface area (Å²) in [7, 11) is -3.36. The van der Waals surface area contributed by atoms with Crippen LogP contribution in [-0.4, -0.2) is 54.8 Å². The minimum Gasteiger partial charge on any atom is -0.444 e. The first-order valence-electron chi connectivity index (χ1n) is 10.2. The summed E-state index contributed by atoms with van der Waals surface area (Å²) >= 11 is 0. The van der Waals surface area contributed by atoms with E-state index in [1.54, 1.807) is 23.1 Å². The second kappa shape index (κ2) is 8.74. The Morgan fingerprint density at radius 2 is 1.77 bits per heavy atom. The van der Waals surface area contributed by atoms with Crippen molar-refractivity contribution in [1.29, 1.82) is 0 Å². The molecule has 9 heteroatoms. The first-order chi connectivity index (χ1) is 14.4. The fourth-order valence-corrected chi connectivity index (χ4v) is 4.22. The lowest BCUT2D eigenvalue weighted by Crippen LogP contribution is -2.42. The second-order valence-corrected chi connectivity index (χ2v) is 10.8. The van der Waals surface area contributed by atoms with Crippen LogP contribution in [0.3, 0.4) is 0 Å². The van der Waals surface area contributed by atoms with E-state index in [1.807, 2.05) is 37.6 Å². The number of piperidine rings is 1. The zero-order valence-electron chi connectivity index (χ0n) is 18.3. The van der Waals surface area contributed by atoms with E-state index in [1.165, 1.54) is 12.1 Å². The number of likely N-dealkylation sites (tertiary alicyclic amines) is 1. The van der Waals surface area contributed by atoms with Crippen LogP contribution in [-0.2, 0) is 14.6 Å². The summed E-state index contributed by atoms with van der Waals surface area (Å²) in [4.78, 5) is 27.0. The number of hydrogen-bond acceptors (Lipinski definition) is 5. The molecule has 31 heavy (non-hydrogen) atoms. The number of nitrogens with one attached hydrogen (secondary N) is 1. The van der Waals surface area contributed by atoms with Crippen molar-refractivity contribution in [2.24, 2.45) is 0 Å². The Hall–Kier alpha value is -2.81. The lowest BCUT2D eigenvalue weighted by Gasteiger charge is -2.34. The Morgan fingerprint density at radius 3 is 2.39 bits per heavy atom. The van der Waals surface area contributed by atoms with Gasteiger partial charge in [0.15, 0.2) is 9.84 Å². The molecule has 2 heterocycles. The number of anilines is 1. The van der Waals surface area contributed by atoms with Crippen LogP contribution in [0.15, 0.2) is 47.5 Å². The van der Waals surface area contributed by atoms with Crippen molar-refractivity contribution in [3.63, 3.8) is 0 Å². The number of rotatable bonds is 4. The third-order valence-corrected chi connectivity index (χ3v) is 6.15. The predicted octanol–water partition coefficient (Wildman–Crippen LogP) is 3.72. The maximum Gasteiger partial charge on any atom is 0.410 e. The molecule has 1 aliphatic rings. The zero-order chi connectivity index (χ0) is 22.8. The van der Waals surface area contributed by atoms with Crippen molar-refractivity contribution in [3.05, 3.63) is 48.3 Å². The fourth-order valence-electron chi connectivity index (χ4n) is 3.56. The molecule has 1 aromatic carbocycles. The molecule has 168 valence electrons. The van der Waals surface area contributed by atoms with E-state index in [4.69, 9.17) is 4.74 Å². The molecular weight excluding hydrogens is 418 g/mol. The molecule has 1 aliphatic heterocycles. The molecule has 0 aliphatic carbocycles. The second-order valence-electron chi connectivity index (χ2n) is 8.75. The Bertz CT molecular complexity index is 1060. The van der Waals surface area contributed by atoms with Gasteiger partial charge in [0.25, 0.3) is 5.91 Å². The Kier molecular flexibility index (Phi) is 6.45. The van der Waals surface area contributed by atoms with E-state index in [0.717, 1.165) is 6.26 Å². The van der Waals surface area contributed by atoms with Crippen LogP contribution < -0.4 is 5.32 Å². The van der Waals surface area contributed by atoms with Gasteiger partial charge in [0.1, 0.15) is 11.3 Å². The average Bonchev–Trinajstić information content (AvgIpc) is 3.16. The highest BCUT2D eigenvalue weighted by molar-refractivity contribution is 7.90. The maximum absolute atomic E-state index is 12.9. The van der Waals surface area contributed by atoms with Crippen LogP contribution in [0.5, 0.6) is 0 Å². The number of amides is 2. The largest absolute Gasteiger partial charge is 0.444 e. The van der Waals surface area contributed by atoms with Crippen molar-refractivity contribution in [2.75, 3.05) is 24.7 Å². The van der Waals surface area contributed by atoms with E-state index in [9.17, 15) is 18.0 Å². The van der Waals surface area contributed by atoms with E-state index in [0.29, 0.717) is 37.3 Å². The normalized spacial score (nSPS) is 15.5. The number of carbonyl (C=O) groups is 2. The molecule has 0 bridgehead atoms. The first kappa shape index (κ1) is 22.9. The van der Waals surface area contributed by atoms with Gasteiger partial charge in [-0.2, -0.15) is 0 Å². The Balaban J connectivity index is 1.67. The standard InChI is InChI=1S/C22H29N3O5S/c1-22(2,3)30-21(27)24-13-10-17(11-14-24)25-12-6-9-19(25)20(26)23-16-7-5-8-18(15-16)31(4,28)29/h5-9,12,15,17H,10-11,13-14H2,1-4H3,(H,23,26). The molecule has 0 radical (unpaired) electrons. The molecule has 0 unspecified atom stereocenters. The molecule has 8 nitrogen and oxygen atoms in total. The molecule has 1 fully saturated rings. The molecule has 2 amide bonds. The lowest BCUT2D eigenvalue weighted by molar-refractivity contribution is 0.0187. The van der Waals surface area contributed by atoms with Crippen molar-refractivity contribution < 1.29 is 22.7 Å². The average molecular weight is 448 g/mol. The van der Waals surface area contributed by atoms with Crippen molar-refractivity contribution in [1.82, 2.24) is 9.47 Å². The van der Waals surface area contributed by atoms with Gasteiger partial charge in [-0.1, -0.05) is 6.07 Å². The van der Waals surface area contributed by atoms with Gasteiger partial charge in [-0.05, 0) is 63.9 Å². The van der Waals surface area contributed by atoms with E-state index in [-0.39, 0.29) is 22.9 Å². The summed E-state index contributed by atoms with van der Waals surface area (Å²) in [6, 6.07) is 9.80. The summed E-state index contributed by atoms with van der Waals surface area (Å²) in [5, 5.41) is 2.78. The maximum atomic E-state index is 12.9. The van der Waals surface area contributed by atoms with Gasteiger partial charge in [-0.25, -0.2) is 13.2 Å². The summed E-state index contributed by atoms with van der Waals surface area (Å²) in [6.45, 7) is 6.63. The van der Waals surface area contributed by atoms with Crippen molar-refractivity contribution >= 4 is 27.5 Å².